The molecule has 152 valence electrons. The van der Waals surface area contributed by atoms with E-state index in [1.54, 1.807) is 12.1 Å². The van der Waals surface area contributed by atoms with Crippen LogP contribution in [-0.4, -0.2) is 13.5 Å². The number of hydrogen-bond acceptors (Lipinski definition) is 4. The van der Waals surface area contributed by atoms with Gasteiger partial charge in [-0.05, 0) is 49.4 Å². The zero-order valence-electron chi connectivity index (χ0n) is 14.9. The van der Waals surface area contributed by atoms with Crippen molar-refractivity contribution in [3.05, 3.63) is 76.8 Å². The summed E-state index contributed by atoms with van der Waals surface area (Å²) in [5, 5.41) is 9.92. The van der Waals surface area contributed by atoms with Gasteiger partial charge >= 0.3 is 6.18 Å². The topological polar surface area (TPSA) is 63.6 Å². The Morgan fingerprint density at radius 1 is 0.966 bits per heavy atom. The van der Waals surface area contributed by atoms with E-state index >= 15 is 0 Å². The second-order valence-electron chi connectivity index (χ2n) is 6.19. The lowest BCUT2D eigenvalue weighted by molar-refractivity contribution is -0.137. The Morgan fingerprint density at radius 3 is 2.17 bits per heavy atom. The average Bonchev–Trinajstić information content (AvgIpc) is 2.63. The van der Waals surface area contributed by atoms with Crippen LogP contribution in [0.1, 0.15) is 11.1 Å². The highest BCUT2D eigenvalue weighted by Crippen LogP contribution is 2.38. The summed E-state index contributed by atoms with van der Waals surface area (Å²) in [6.07, 6.45) is -4.55. The van der Waals surface area contributed by atoms with E-state index in [9.17, 15) is 26.7 Å². The molecular weight excluding hydrogens is 429 g/mol. The molecule has 0 unspecified atom stereocenters. The van der Waals surface area contributed by atoms with E-state index in [1.807, 2.05) is 6.92 Å². The third kappa shape index (κ3) is 4.49. The molecule has 0 fully saturated rings. The SMILES string of the molecule is Cc1ccc(S(=O)(=O)c2ccc(Oc3ccc(C(F)(F)F)cc3Cl)cc2O)cc1. The van der Waals surface area contributed by atoms with E-state index in [-0.39, 0.29) is 26.3 Å². The average molecular weight is 443 g/mol. The van der Waals surface area contributed by atoms with Gasteiger partial charge in [0, 0.05) is 6.07 Å². The number of phenolic OH excluding ortho intramolecular Hbond substituents is 1. The second-order valence-corrected chi connectivity index (χ2v) is 8.52. The third-order valence-corrected chi connectivity index (χ3v) is 6.15. The molecule has 0 radical (unpaired) electrons. The van der Waals surface area contributed by atoms with E-state index in [2.05, 4.69) is 0 Å². The van der Waals surface area contributed by atoms with Crippen LogP contribution in [0.4, 0.5) is 13.2 Å². The number of aryl methyl sites for hydroxylation is 1. The summed E-state index contributed by atoms with van der Waals surface area (Å²) in [7, 11) is -3.96. The Hall–Kier alpha value is -2.71. The molecule has 0 bridgehead atoms. The highest BCUT2D eigenvalue weighted by Gasteiger charge is 2.31. The molecule has 0 spiro atoms. The van der Waals surface area contributed by atoms with Crippen LogP contribution in [0.5, 0.6) is 17.2 Å². The number of sulfone groups is 1. The number of hydrogen-bond donors (Lipinski definition) is 1. The molecule has 0 saturated heterocycles. The van der Waals surface area contributed by atoms with Gasteiger partial charge in [0.1, 0.15) is 22.1 Å². The molecular formula is C20H14ClF3O4S. The minimum absolute atomic E-state index is 0.00650. The summed E-state index contributed by atoms with van der Waals surface area (Å²) in [6, 6.07) is 12.2. The lowest BCUT2D eigenvalue weighted by atomic mass is 10.2. The summed E-state index contributed by atoms with van der Waals surface area (Å²) in [5.74, 6) is -0.633. The van der Waals surface area contributed by atoms with E-state index in [4.69, 9.17) is 16.3 Å². The Kier molecular flexibility index (Phi) is 5.51. The van der Waals surface area contributed by atoms with Gasteiger partial charge in [-0.25, -0.2) is 8.42 Å². The van der Waals surface area contributed by atoms with Crippen molar-refractivity contribution in [1.29, 1.82) is 0 Å². The number of alkyl halides is 3. The lowest BCUT2D eigenvalue weighted by Crippen LogP contribution is -2.04. The van der Waals surface area contributed by atoms with E-state index < -0.39 is 27.3 Å². The van der Waals surface area contributed by atoms with Gasteiger partial charge in [0.2, 0.25) is 9.84 Å². The van der Waals surface area contributed by atoms with Crippen molar-refractivity contribution in [2.45, 2.75) is 22.9 Å². The Morgan fingerprint density at radius 2 is 1.62 bits per heavy atom. The maximum absolute atomic E-state index is 12.7. The summed E-state index contributed by atoms with van der Waals surface area (Å²) in [5.41, 5.74) is -0.0532. The smallest absolute Gasteiger partial charge is 0.416 e. The molecule has 0 atom stereocenters. The van der Waals surface area contributed by atoms with Crippen LogP contribution in [0.15, 0.2) is 70.5 Å². The van der Waals surface area contributed by atoms with Gasteiger partial charge in [-0.15, -0.1) is 0 Å². The highest BCUT2D eigenvalue weighted by molar-refractivity contribution is 7.91. The first kappa shape index (κ1) is 21.0. The number of rotatable bonds is 4. The molecule has 3 rings (SSSR count). The van der Waals surface area contributed by atoms with Crippen LogP contribution < -0.4 is 4.74 Å². The van der Waals surface area contributed by atoms with Gasteiger partial charge < -0.3 is 9.84 Å². The van der Waals surface area contributed by atoms with Crippen LogP contribution in [0.3, 0.4) is 0 Å². The van der Waals surface area contributed by atoms with Crippen LogP contribution in [0.25, 0.3) is 0 Å². The molecule has 0 aliphatic carbocycles. The molecule has 0 saturated carbocycles. The standard InChI is InChI=1S/C20H14ClF3O4S/c1-12-2-6-15(7-3-12)29(26,27)19-9-5-14(11-17(19)25)28-18-8-4-13(10-16(18)21)20(22,23)24/h2-11,25H,1H3. The zero-order chi connectivity index (χ0) is 21.4. The van der Waals surface area contributed by atoms with Gasteiger partial charge in [0.25, 0.3) is 0 Å². The first-order chi connectivity index (χ1) is 13.5. The number of benzene rings is 3. The first-order valence-corrected chi connectivity index (χ1v) is 10.0. The van der Waals surface area contributed by atoms with Crippen molar-refractivity contribution in [2.75, 3.05) is 0 Å². The van der Waals surface area contributed by atoms with Crippen LogP contribution in [0.2, 0.25) is 5.02 Å². The molecule has 29 heavy (non-hydrogen) atoms. The number of ether oxygens (including phenoxy) is 1. The van der Waals surface area contributed by atoms with Gasteiger partial charge in [-0.2, -0.15) is 13.2 Å². The minimum Gasteiger partial charge on any atom is -0.506 e. The number of phenols is 1. The summed E-state index contributed by atoms with van der Waals surface area (Å²) >= 11 is 5.84. The van der Waals surface area contributed by atoms with Gasteiger partial charge in [0.15, 0.2) is 0 Å². The molecule has 9 heteroatoms. The number of aromatic hydroxyl groups is 1. The van der Waals surface area contributed by atoms with Crippen molar-refractivity contribution in [3.63, 3.8) is 0 Å². The van der Waals surface area contributed by atoms with Crippen molar-refractivity contribution in [3.8, 4) is 17.2 Å². The van der Waals surface area contributed by atoms with E-state index in [0.29, 0.717) is 6.07 Å². The van der Waals surface area contributed by atoms with E-state index in [0.717, 1.165) is 29.8 Å². The molecule has 4 nitrogen and oxygen atoms in total. The molecule has 0 amide bonds. The van der Waals surface area contributed by atoms with Crippen LogP contribution in [0, 0.1) is 6.92 Å². The predicted molar refractivity (Wildman–Crippen MR) is 101 cm³/mol. The highest BCUT2D eigenvalue weighted by atomic mass is 35.5. The predicted octanol–water partition coefficient (Wildman–Crippen LogP) is 6.00. The maximum atomic E-state index is 12.7. The second kappa shape index (κ2) is 7.61. The van der Waals surface area contributed by atoms with Gasteiger partial charge in [-0.3, -0.25) is 0 Å². The zero-order valence-corrected chi connectivity index (χ0v) is 16.4. The van der Waals surface area contributed by atoms with Crippen LogP contribution >= 0.6 is 11.6 Å². The van der Waals surface area contributed by atoms with E-state index in [1.165, 1.54) is 18.2 Å². The maximum Gasteiger partial charge on any atom is 0.416 e. The van der Waals surface area contributed by atoms with Crippen molar-refractivity contribution in [1.82, 2.24) is 0 Å². The third-order valence-electron chi connectivity index (χ3n) is 4.04. The molecule has 1 N–H and O–H groups in total. The Balaban J connectivity index is 1.89. The van der Waals surface area contributed by atoms with Crippen molar-refractivity contribution in [2.24, 2.45) is 0 Å². The Labute approximate surface area is 170 Å². The fraction of sp³-hybridized carbons (Fsp3) is 0.100. The molecule has 3 aromatic rings. The molecule has 3 aromatic carbocycles. The quantitative estimate of drug-likeness (QED) is 0.538. The summed E-state index contributed by atoms with van der Waals surface area (Å²) in [4.78, 5) is -0.315. The fourth-order valence-electron chi connectivity index (χ4n) is 2.52. The first-order valence-electron chi connectivity index (χ1n) is 8.18. The largest absolute Gasteiger partial charge is 0.506 e. The van der Waals surface area contributed by atoms with Gasteiger partial charge in [-0.1, -0.05) is 29.3 Å². The normalized spacial score (nSPS) is 12.0. The number of halogens is 4. The lowest BCUT2D eigenvalue weighted by Gasteiger charge is -2.12. The van der Waals surface area contributed by atoms with Gasteiger partial charge in [0.05, 0.1) is 15.5 Å². The summed E-state index contributed by atoms with van der Waals surface area (Å²) in [6.45, 7) is 1.81. The molecule has 0 aliphatic rings. The molecule has 0 aromatic heterocycles. The molecule has 0 heterocycles. The van der Waals surface area contributed by atoms with Crippen LogP contribution in [-0.2, 0) is 16.0 Å². The molecule has 0 aliphatic heterocycles. The fourth-order valence-corrected chi connectivity index (χ4v) is 4.07. The Bertz CT molecular complexity index is 1160. The van der Waals surface area contributed by atoms with Crippen molar-refractivity contribution < 1.29 is 31.4 Å². The van der Waals surface area contributed by atoms with Crippen molar-refractivity contribution >= 4 is 21.4 Å². The monoisotopic (exact) mass is 442 g/mol. The summed E-state index contributed by atoms with van der Waals surface area (Å²) < 4.78 is 68.9. The minimum atomic E-state index is -4.55.